The number of ether oxygens (including phenoxy) is 2. The molecular formula is C28H30ClN3O6S. The number of carbonyl (C=O) groups is 2. The van der Waals surface area contributed by atoms with Gasteiger partial charge in [0.25, 0.3) is 11.6 Å². The Morgan fingerprint density at radius 1 is 1.10 bits per heavy atom. The minimum atomic E-state index is -1.15. The maximum Gasteiger partial charge on any atom is 0.338 e. The molecule has 0 fully saturated rings. The van der Waals surface area contributed by atoms with Crippen molar-refractivity contribution in [2.24, 2.45) is 0 Å². The number of likely N-dealkylation sites (N-methyl/N-ethyl adjacent to an activating group) is 1. The molecule has 1 heterocycles. The first-order chi connectivity index (χ1) is 18.2. The van der Waals surface area contributed by atoms with Crippen LogP contribution in [0.1, 0.15) is 26.7 Å². The van der Waals surface area contributed by atoms with Gasteiger partial charge in [-0.3, -0.25) is 14.9 Å². The predicted molar refractivity (Wildman–Crippen MR) is 153 cm³/mol. The van der Waals surface area contributed by atoms with E-state index in [4.69, 9.17) is 9.47 Å². The average molecular weight is 572 g/mol. The van der Waals surface area contributed by atoms with Gasteiger partial charge in [0.2, 0.25) is 0 Å². The van der Waals surface area contributed by atoms with E-state index >= 15 is 0 Å². The molecule has 9 nitrogen and oxygen atoms in total. The lowest BCUT2D eigenvalue weighted by Gasteiger charge is -2.28. The van der Waals surface area contributed by atoms with Gasteiger partial charge in [-0.25, -0.2) is 4.79 Å². The normalized spacial score (nSPS) is 16.6. The van der Waals surface area contributed by atoms with E-state index in [-0.39, 0.29) is 29.6 Å². The number of nitrogens with zero attached hydrogens (tertiary/aromatic N) is 3. The van der Waals surface area contributed by atoms with Crippen LogP contribution in [0.3, 0.4) is 0 Å². The van der Waals surface area contributed by atoms with E-state index in [0.717, 1.165) is 16.1 Å². The molecule has 11 heteroatoms. The molecule has 1 aliphatic rings. The van der Waals surface area contributed by atoms with E-state index in [1.54, 1.807) is 31.1 Å². The van der Waals surface area contributed by atoms with Crippen molar-refractivity contribution in [3.05, 3.63) is 93.5 Å². The molecule has 2 unspecified atom stereocenters. The van der Waals surface area contributed by atoms with E-state index in [0.29, 0.717) is 24.4 Å². The first-order valence-corrected chi connectivity index (χ1v) is 12.9. The van der Waals surface area contributed by atoms with Crippen LogP contribution in [0.15, 0.2) is 71.6 Å². The van der Waals surface area contributed by atoms with Gasteiger partial charge in [0.05, 0.1) is 28.5 Å². The predicted octanol–water partition coefficient (Wildman–Crippen LogP) is 5.30. The molecule has 3 aromatic carbocycles. The zero-order valence-electron chi connectivity index (χ0n) is 22.0. The highest BCUT2D eigenvalue weighted by Gasteiger charge is 2.41. The number of hydrogen-bond acceptors (Lipinski definition) is 8. The minimum absolute atomic E-state index is 0. The number of aryl methyl sites for hydroxylation is 1. The third-order valence-corrected chi connectivity index (χ3v) is 7.65. The number of fused-ring (bicyclic) bond motifs is 1. The lowest BCUT2D eigenvalue weighted by Crippen LogP contribution is -2.45. The Labute approximate surface area is 237 Å². The number of hydrogen-bond donors (Lipinski definition) is 0. The van der Waals surface area contributed by atoms with Gasteiger partial charge in [-0.1, -0.05) is 24.3 Å². The zero-order valence-corrected chi connectivity index (χ0v) is 23.7. The summed E-state index contributed by atoms with van der Waals surface area (Å²) in [4.78, 5) is 42.7. The van der Waals surface area contributed by atoms with Gasteiger partial charge in [0, 0.05) is 29.6 Å². The molecule has 0 saturated heterocycles. The van der Waals surface area contributed by atoms with Crippen molar-refractivity contribution in [1.82, 2.24) is 4.90 Å². The fourth-order valence-electron chi connectivity index (χ4n) is 4.23. The molecule has 1 amide bonds. The number of esters is 1. The fraction of sp³-hybridized carbons (Fsp3) is 0.286. The van der Waals surface area contributed by atoms with Crippen LogP contribution in [0.4, 0.5) is 11.4 Å². The summed E-state index contributed by atoms with van der Waals surface area (Å²) < 4.78 is 11.2. The van der Waals surface area contributed by atoms with Gasteiger partial charge >= 0.3 is 5.97 Å². The van der Waals surface area contributed by atoms with Crippen LogP contribution in [0.25, 0.3) is 0 Å². The summed E-state index contributed by atoms with van der Waals surface area (Å²) in [6.07, 6.45) is -1.15. The van der Waals surface area contributed by atoms with Crippen molar-refractivity contribution in [2.45, 2.75) is 23.2 Å². The van der Waals surface area contributed by atoms with E-state index < -0.39 is 22.2 Å². The van der Waals surface area contributed by atoms with E-state index in [9.17, 15) is 19.7 Å². The topological polar surface area (TPSA) is 102 Å². The van der Waals surface area contributed by atoms with Gasteiger partial charge in [-0.05, 0) is 63.0 Å². The monoisotopic (exact) mass is 571 g/mol. The van der Waals surface area contributed by atoms with Crippen molar-refractivity contribution in [2.75, 3.05) is 39.2 Å². The van der Waals surface area contributed by atoms with Crippen LogP contribution in [0.2, 0.25) is 0 Å². The Kier molecular flexibility index (Phi) is 9.96. The van der Waals surface area contributed by atoms with Crippen LogP contribution in [0.5, 0.6) is 5.75 Å². The Balaban J connectivity index is 0.00000420. The number of nitro groups is 1. The van der Waals surface area contributed by atoms with Crippen molar-refractivity contribution in [1.29, 1.82) is 0 Å². The Bertz CT molecular complexity index is 1350. The lowest BCUT2D eigenvalue weighted by molar-refractivity contribution is -0.385. The van der Waals surface area contributed by atoms with Crippen molar-refractivity contribution < 1.29 is 24.0 Å². The van der Waals surface area contributed by atoms with Gasteiger partial charge in [0.1, 0.15) is 5.75 Å². The van der Waals surface area contributed by atoms with Gasteiger partial charge in [0.15, 0.2) is 6.10 Å². The molecule has 0 radical (unpaired) electrons. The molecule has 2 atom stereocenters. The number of amides is 1. The number of rotatable bonds is 8. The van der Waals surface area contributed by atoms with Crippen molar-refractivity contribution >= 4 is 47.4 Å². The van der Waals surface area contributed by atoms with Crippen LogP contribution in [-0.4, -0.2) is 62.1 Å². The molecule has 4 rings (SSSR count). The summed E-state index contributed by atoms with van der Waals surface area (Å²) >= 11 is 1.46. The number of para-hydroxylation sites is 1. The zero-order chi connectivity index (χ0) is 27.4. The minimum Gasteiger partial charge on any atom is -0.497 e. The summed E-state index contributed by atoms with van der Waals surface area (Å²) in [5, 5.41) is 10.7. The number of halogens is 1. The number of carbonyl (C=O) groups excluding carboxylic acids is 2. The average Bonchev–Trinajstić information content (AvgIpc) is 3.01. The van der Waals surface area contributed by atoms with E-state index in [1.807, 2.05) is 55.4 Å². The van der Waals surface area contributed by atoms with Gasteiger partial charge < -0.3 is 19.3 Å². The molecule has 0 saturated carbocycles. The molecule has 0 N–H and O–H groups in total. The third-order valence-electron chi connectivity index (χ3n) is 6.27. The third kappa shape index (κ3) is 6.70. The van der Waals surface area contributed by atoms with Crippen LogP contribution in [0, 0.1) is 17.0 Å². The molecule has 39 heavy (non-hydrogen) atoms. The Hall–Kier alpha value is -3.60. The van der Waals surface area contributed by atoms with Gasteiger partial charge in [-0.15, -0.1) is 24.2 Å². The number of thioether (sulfide) groups is 1. The number of nitro benzene ring substituents is 1. The standard InChI is InChI=1S/C28H29N3O6S.ClH/c1-18-17-20(11-14-22(18)31(34)35)28(33)37-25-26(19-9-12-21(36-4)13-10-19)38-24-8-6-5-7-23(24)30(27(25)32)16-15-29(2)3;/h5-14,17,25-26H,15-16H2,1-4H3;1H. The Morgan fingerprint density at radius 2 is 1.79 bits per heavy atom. The summed E-state index contributed by atoms with van der Waals surface area (Å²) in [5.41, 5.74) is 1.93. The molecular weight excluding hydrogens is 542 g/mol. The summed E-state index contributed by atoms with van der Waals surface area (Å²) in [5.74, 6) is -0.391. The largest absolute Gasteiger partial charge is 0.497 e. The smallest absolute Gasteiger partial charge is 0.338 e. The molecule has 0 aromatic heterocycles. The quantitative estimate of drug-likeness (QED) is 0.204. The molecule has 0 bridgehead atoms. The molecule has 206 valence electrons. The second-order valence-electron chi connectivity index (χ2n) is 9.16. The molecule has 3 aromatic rings. The maximum atomic E-state index is 14.1. The molecule has 1 aliphatic heterocycles. The lowest BCUT2D eigenvalue weighted by atomic mass is 10.0. The second-order valence-corrected chi connectivity index (χ2v) is 10.3. The van der Waals surface area contributed by atoms with Crippen LogP contribution >= 0.6 is 24.2 Å². The summed E-state index contributed by atoms with van der Waals surface area (Å²) in [6, 6.07) is 19.0. The summed E-state index contributed by atoms with van der Waals surface area (Å²) in [6.45, 7) is 2.57. The van der Waals surface area contributed by atoms with Crippen LogP contribution in [-0.2, 0) is 9.53 Å². The highest BCUT2D eigenvalue weighted by atomic mass is 35.5. The number of benzene rings is 3. The van der Waals surface area contributed by atoms with E-state index in [2.05, 4.69) is 0 Å². The van der Waals surface area contributed by atoms with Crippen molar-refractivity contribution in [3.63, 3.8) is 0 Å². The molecule has 0 spiro atoms. The van der Waals surface area contributed by atoms with E-state index in [1.165, 1.54) is 30.0 Å². The highest BCUT2D eigenvalue weighted by molar-refractivity contribution is 7.99. The maximum absolute atomic E-state index is 14.1. The fourth-order valence-corrected chi connectivity index (χ4v) is 5.55. The summed E-state index contributed by atoms with van der Waals surface area (Å²) in [7, 11) is 5.43. The SMILES string of the molecule is COc1ccc(C2Sc3ccccc3N(CCN(C)C)C(=O)C2OC(=O)c2ccc([N+](=O)[O-])c(C)c2)cc1.Cl. The Morgan fingerprint density at radius 3 is 2.41 bits per heavy atom. The first-order valence-electron chi connectivity index (χ1n) is 12.0. The second kappa shape index (κ2) is 13.0. The molecule has 0 aliphatic carbocycles. The highest BCUT2D eigenvalue weighted by Crippen LogP contribution is 2.47. The van der Waals surface area contributed by atoms with Crippen LogP contribution < -0.4 is 9.64 Å². The first kappa shape index (κ1) is 29.9. The number of anilines is 1. The van der Waals surface area contributed by atoms with Gasteiger partial charge in [-0.2, -0.15) is 0 Å². The van der Waals surface area contributed by atoms with Crippen molar-refractivity contribution in [3.8, 4) is 5.75 Å². The number of methoxy groups -OCH3 is 1.